The van der Waals surface area contributed by atoms with E-state index in [1.807, 2.05) is 38.2 Å². The minimum absolute atomic E-state index is 0.207. The molecule has 0 saturated heterocycles. The lowest BCUT2D eigenvalue weighted by Crippen LogP contribution is -2.34. The topological polar surface area (TPSA) is 38.9 Å². The normalized spacial score (nSPS) is 11.5. The van der Waals surface area contributed by atoms with E-state index in [4.69, 9.17) is 5.73 Å². The van der Waals surface area contributed by atoms with E-state index in [2.05, 4.69) is 29.2 Å². The summed E-state index contributed by atoms with van der Waals surface area (Å²) < 4.78 is 0. The zero-order chi connectivity index (χ0) is 12.3. The number of nitrogens with zero attached hydrogens (tertiary/aromatic N) is 1. The Kier molecular flexibility index (Phi) is 3.25. The molecule has 2 heteroatoms. The third-order valence-corrected chi connectivity index (χ3v) is 2.57. The second kappa shape index (κ2) is 4.68. The highest BCUT2D eigenvalue weighted by molar-refractivity contribution is 5.62. The van der Waals surface area contributed by atoms with Crippen molar-refractivity contribution in [3.8, 4) is 11.1 Å². The van der Waals surface area contributed by atoms with Crippen LogP contribution in [0.5, 0.6) is 0 Å². The van der Waals surface area contributed by atoms with Crippen molar-refractivity contribution < 1.29 is 0 Å². The second-order valence-electron chi connectivity index (χ2n) is 5.07. The molecular weight excluding hydrogens is 208 g/mol. The molecule has 1 aromatic heterocycles. The first kappa shape index (κ1) is 11.8. The number of hydrogen-bond acceptors (Lipinski definition) is 2. The Bertz CT molecular complexity index is 467. The van der Waals surface area contributed by atoms with Crippen molar-refractivity contribution in [3.63, 3.8) is 0 Å². The predicted molar refractivity (Wildman–Crippen MR) is 71.6 cm³/mol. The van der Waals surface area contributed by atoms with E-state index in [1.165, 1.54) is 5.56 Å². The van der Waals surface area contributed by atoms with Crippen molar-refractivity contribution in [1.82, 2.24) is 4.98 Å². The van der Waals surface area contributed by atoms with E-state index in [0.29, 0.717) is 0 Å². The lowest BCUT2D eigenvalue weighted by Gasteiger charge is -2.17. The molecule has 2 N–H and O–H groups in total. The summed E-state index contributed by atoms with van der Waals surface area (Å²) in [6, 6.07) is 14.4. The lowest BCUT2D eigenvalue weighted by molar-refractivity contribution is 0.510. The van der Waals surface area contributed by atoms with Crippen molar-refractivity contribution in [2.75, 3.05) is 0 Å². The zero-order valence-electron chi connectivity index (χ0n) is 10.4. The van der Waals surface area contributed by atoms with Crippen molar-refractivity contribution in [2.24, 2.45) is 5.73 Å². The molecule has 0 radical (unpaired) electrons. The molecule has 1 aromatic carbocycles. The molecular formula is C15H18N2. The van der Waals surface area contributed by atoms with E-state index in [1.54, 1.807) is 0 Å². The van der Waals surface area contributed by atoms with Crippen LogP contribution in [0, 0.1) is 0 Å². The van der Waals surface area contributed by atoms with Gasteiger partial charge in [0.05, 0.1) is 0 Å². The Labute approximate surface area is 103 Å². The van der Waals surface area contributed by atoms with Crippen molar-refractivity contribution >= 4 is 0 Å². The highest BCUT2D eigenvalue weighted by Crippen LogP contribution is 2.18. The van der Waals surface area contributed by atoms with Crippen LogP contribution in [-0.2, 0) is 6.42 Å². The Morgan fingerprint density at radius 1 is 1.00 bits per heavy atom. The van der Waals surface area contributed by atoms with E-state index < -0.39 is 0 Å². The van der Waals surface area contributed by atoms with Gasteiger partial charge >= 0.3 is 0 Å². The molecule has 1 heterocycles. The number of rotatable bonds is 3. The van der Waals surface area contributed by atoms with Crippen LogP contribution >= 0.6 is 0 Å². The largest absolute Gasteiger partial charge is 0.325 e. The van der Waals surface area contributed by atoms with Crippen LogP contribution in [0.25, 0.3) is 11.1 Å². The first-order valence-electron chi connectivity index (χ1n) is 5.84. The average molecular weight is 226 g/mol. The SMILES string of the molecule is CC(C)(N)Cc1ccc(-c2ccccc2)cn1. The van der Waals surface area contributed by atoms with Gasteiger partial charge in [-0.1, -0.05) is 36.4 Å². The number of benzene rings is 1. The maximum atomic E-state index is 5.98. The first-order valence-corrected chi connectivity index (χ1v) is 5.84. The van der Waals surface area contributed by atoms with E-state index >= 15 is 0 Å². The minimum atomic E-state index is -0.207. The van der Waals surface area contributed by atoms with Crippen LogP contribution < -0.4 is 5.73 Å². The van der Waals surface area contributed by atoms with Gasteiger partial charge in [0.2, 0.25) is 0 Å². The monoisotopic (exact) mass is 226 g/mol. The summed E-state index contributed by atoms with van der Waals surface area (Å²) >= 11 is 0. The molecule has 0 fully saturated rings. The van der Waals surface area contributed by atoms with Gasteiger partial charge in [-0.25, -0.2) is 0 Å². The fourth-order valence-corrected chi connectivity index (χ4v) is 1.80. The molecule has 0 aliphatic carbocycles. The van der Waals surface area contributed by atoms with E-state index in [0.717, 1.165) is 17.7 Å². The average Bonchev–Trinajstić information content (AvgIpc) is 2.29. The Morgan fingerprint density at radius 2 is 1.71 bits per heavy atom. The van der Waals surface area contributed by atoms with Gasteiger partial charge in [-0.15, -0.1) is 0 Å². The van der Waals surface area contributed by atoms with E-state index in [-0.39, 0.29) is 5.54 Å². The number of nitrogens with two attached hydrogens (primary N) is 1. The summed E-state index contributed by atoms with van der Waals surface area (Å²) in [6.07, 6.45) is 2.71. The molecule has 0 bridgehead atoms. The van der Waals surface area contributed by atoms with Gasteiger partial charge in [0.1, 0.15) is 0 Å². The smallest absolute Gasteiger partial charge is 0.0422 e. The summed E-state index contributed by atoms with van der Waals surface area (Å²) in [5.41, 5.74) is 9.14. The van der Waals surface area contributed by atoms with Crippen molar-refractivity contribution in [3.05, 3.63) is 54.4 Å². The molecule has 0 amide bonds. The summed E-state index contributed by atoms with van der Waals surface area (Å²) in [6.45, 7) is 4.03. The third-order valence-electron chi connectivity index (χ3n) is 2.57. The summed E-state index contributed by atoms with van der Waals surface area (Å²) in [7, 11) is 0. The predicted octanol–water partition coefficient (Wildman–Crippen LogP) is 3.03. The highest BCUT2D eigenvalue weighted by Gasteiger charge is 2.12. The Balaban J connectivity index is 2.19. The molecule has 17 heavy (non-hydrogen) atoms. The molecule has 0 spiro atoms. The molecule has 2 rings (SSSR count). The van der Waals surface area contributed by atoms with Gasteiger partial charge in [-0.2, -0.15) is 0 Å². The van der Waals surface area contributed by atoms with Crippen LogP contribution in [0.3, 0.4) is 0 Å². The highest BCUT2D eigenvalue weighted by atomic mass is 14.7. The van der Waals surface area contributed by atoms with Crippen LogP contribution in [0.15, 0.2) is 48.7 Å². The quantitative estimate of drug-likeness (QED) is 0.873. The van der Waals surface area contributed by atoms with E-state index in [9.17, 15) is 0 Å². The number of hydrogen-bond donors (Lipinski definition) is 1. The Morgan fingerprint density at radius 3 is 2.24 bits per heavy atom. The van der Waals surface area contributed by atoms with Crippen LogP contribution in [-0.4, -0.2) is 10.5 Å². The van der Waals surface area contributed by atoms with Gasteiger partial charge in [0, 0.05) is 29.4 Å². The van der Waals surface area contributed by atoms with Gasteiger partial charge in [0.25, 0.3) is 0 Å². The number of aromatic nitrogens is 1. The molecule has 0 aliphatic rings. The molecule has 0 unspecified atom stereocenters. The fourth-order valence-electron chi connectivity index (χ4n) is 1.80. The third kappa shape index (κ3) is 3.40. The maximum absolute atomic E-state index is 5.98. The first-order chi connectivity index (χ1) is 8.04. The molecule has 0 aliphatic heterocycles. The fraction of sp³-hybridized carbons (Fsp3) is 0.267. The van der Waals surface area contributed by atoms with Crippen LogP contribution in [0.2, 0.25) is 0 Å². The van der Waals surface area contributed by atoms with Crippen molar-refractivity contribution in [1.29, 1.82) is 0 Å². The van der Waals surface area contributed by atoms with Gasteiger partial charge in [-0.3, -0.25) is 4.98 Å². The summed E-state index contributed by atoms with van der Waals surface area (Å²) in [5, 5.41) is 0. The second-order valence-corrected chi connectivity index (χ2v) is 5.07. The molecule has 2 aromatic rings. The van der Waals surface area contributed by atoms with Gasteiger partial charge in [-0.05, 0) is 25.5 Å². The van der Waals surface area contributed by atoms with Crippen molar-refractivity contribution in [2.45, 2.75) is 25.8 Å². The van der Waals surface area contributed by atoms with Crippen LogP contribution in [0.1, 0.15) is 19.5 Å². The van der Waals surface area contributed by atoms with Gasteiger partial charge < -0.3 is 5.73 Å². The molecule has 0 atom stereocenters. The minimum Gasteiger partial charge on any atom is -0.325 e. The Hall–Kier alpha value is -1.67. The molecule has 0 saturated carbocycles. The lowest BCUT2D eigenvalue weighted by atomic mass is 9.99. The summed E-state index contributed by atoms with van der Waals surface area (Å²) in [5.74, 6) is 0. The van der Waals surface area contributed by atoms with Gasteiger partial charge in [0.15, 0.2) is 0 Å². The zero-order valence-corrected chi connectivity index (χ0v) is 10.4. The summed E-state index contributed by atoms with van der Waals surface area (Å²) in [4.78, 5) is 4.46. The molecule has 2 nitrogen and oxygen atoms in total. The number of pyridine rings is 1. The maximum Gasteiger partial charge on any atom is 0.0422 e. The van der Waals surface area contributed by atoms with Crippen LogP contribution in [0.4, 0.5) is 0 Å². The molecule has 88 valence electrons. The standard InChI is InChI=1S/C15H18N2/c1-15(2,16)10-14-9-8-13(11-17-14)12-6-4-3-5-7-12/h3-9,11H,10,16H2,1-2H3.